The van der Waals surface area contributed by atoms with Gasteiger partial charge in [0.25, 0.3) is 0 Å². The van der Waals surface area contributed by atoms with Crippen LogP contribution in [0.1, 0.15) is 34.0 Å². The molecule has 0 amide bonds. The highest BCUT2D eigenvalue weighted by Crippen LogP contribution is 2.40. The Morgan fingerprint density at radius 1 is 0.705 bits per heavy atom. The molecule has 44 heavy (non-hydrogen) atoms. The van der Waals surface area contributed by atoms with Crippen molar-refractivity contribution < 1.29 is 32.5 Å². The number of hydrogen-bond acceptors (Lipinski definition) is 6. The molecule has 1 atom stereocenters. The lowest BCUT2D eigenvalue weighted by Gasteiger charge is -2.36. The van der Waals surface area contributed by atoms with E-state index in [1.165, 1.54) is 36.4 Å². The molecule has 0 fully saturated rings. The van der Waals surface area contributed by atoms with Gasteiger partial charge in [-0.15, -0.1) is 0 Å². The first kappa shape index (κ1) is 30.5. The van der Waals surface area contributed by atoms with Crippen molar-refractivity contribution in [2.45, 2.75) is 23.5 Å². The number of carbonyl (C=O) groups is 1. The van der Waals surface area contributed by atoms with Crippen LogP contribution in [0.3, 0.4) is 0 Å². The van der Waals surface area contributed by atoms with E-state index >= 15 is 0 Å². The molecule has 0 spiro atoms. The highest BCUT2D eigenvalue weighted by molar-refractivity contribution is 7.90. The number of aromatic carboxylic acids is 1. The van der Waals surface area contributed by atoms with E-state index in [2.05, 4.69) is 0 Å². The number of ether oxygens (including phenoxy) is 3. The Morgan fingerprint density at radius 2 is 1.18 bits per heavy atom. The molecule has 5 aromatic rings. The molecule has 0 bridgehead atoms. The van der Waals surface area contributed by atoms with Crippen molar-refractivity contribution in [1.29, 1.82) is 0 Å². The fraction of sp³-hybridized carbons (Fsp3) is 0.139. The minimum Gasteiger partial charge on any atom is -0.488 e. The first-order valence-electron chi connectivity index (χ1n) is 14.0. The van der Waals surface area contributed by atoms with Crippen LogP contribution in [0.4, 0.5) is 0 Å². The van der Waals surface area contributed by atoms with Gasteiger partial charge in [0, 0.05) is 12.3 Å². The van der Waals surface area contributed by atoms with Gasteiger partial charge in [-0.1, -0.05) is 91.0 Å². The molecule has 5 rings (SSSR count). The van der Waals surface area contributed by atoms with E-state index in [1.54, 1.807) is 6.07 Å². The van der Waals surface area contributed by atoms with Crippen LogP contribution in [0.5, 0.6) is 17.2 Å². The Balaban J connectivity index is 1.42. The Kier molecular flexibility index (Phi) is 9.13. The summed E-state index contributed by atoms with van der Waals surface area (Å²) in [6, 6.07) is 40.3. The van der Waals surface area contributed by atoms with Gasteiger partial charge in [-0.25, -0.2) is 13.2 Å². The molecule has 0 aliphatic carbocycles. The van der Waals surface area contributed by atoms with Crippen LogP contribution < -0.4 is 9.47 Å². The molecule has 0 unspecified atom stereocenters. The molecule has 1 N–H and O–H groups in total. The van der Waals surface area contributed by atoms with Crippen molar-refractivity contribution in [2.24, 2.45) is 0 Å². The van der Waals surface area contributed by atoms with Crippen molar-refractivity contribution in [3.63, 3.8) is 0 Å². The van der Waals surface area contributed by atoms with Crippen LogP contribution in [0.15, 0.2) is 138 Å². The zero-order valence-electron chi connectivity index (χ0n) is 24.3. The van der Waals surface area contributed by atoms with Crippen molar-refractivity contribution in [1.82, 2.24) is 0 Å². The summed E-state index contributed by atoms with van der Waals surface area (Å²) in [6.07, 6.45) is 0.633. The average Bonchev–Trinajstić information content (AvgIpc) is 3.03. The zero-order valence-corrected chi connectivity index (χ0v) is 25.1. The standard InChI is InChI=1S/C36H32O7S/c1-26(42-32-22-27(35(37)38)23-33(24-32)43-31-18-20-34(21-19-31)44(2,39)40)25-41-36(28-12-6-3-7-13-28,29-14-8-4-9-15-29)30-16-10-5-11-17-30/h3-24,26H,25H2,1-2H3,(H,37,38)/t26-/m0/s1. The largest absolute Gasteiger partial charge is 0.488 e. The average molecular weight is 609 g/mol. The predicted octanol–water partition coefficient (Wildman–Crippen LogP) is 7.36. The molecular weight excluding hydrogens is 576 g/mol. The number of carboxylic acid groups (broad SMARTS) is 1. The third-order valence-electron chi connectivity index (χ3n) is 7.03. The van der Waals surface area contributed by atoms with E-state index < -0.39 is 27.5 Å². The number of sulfone groups is 1. The van der Waals surface area contributed by atoms with Gasteiger partial charge in [-0.3, -0.25) is 0 Å². The highest BCUT2D eigenvalue weighted by atomic mass is 32.2. The summed E-state index contributed by atoms with van der Waals surface area (Å²) >= 11 is 0. The minimum atomic E-state index is -3.37. The van der Waals surface area contributed by atoms with E-state index in [0.29, 0.717) is 5.75 Å². The van der Waals surface area contributed by atoms with E-state index in [0.717, 1.165) is 22.9 Å². The fourth-order valence-electron chi connectivity index (χ4n) is 4.99. The highest BCUT2D eigenvalue weighted by Gasteiger charge is 2.38. The number of carboxylic acids is 1. The van der Waals surface area contributed by atoms with Crippen LogP contribution in [0, 0.1) is 0 Å². The van der Waals surface area contributed by atoms with Crippen molar-refractivity contribution in [3.8, 4) is 17.2 Å². The summed E-state index contributed by atoms with van der Waals surface area (Å²) in [5, 5.41) is 9.75. The lowest BCUT2D eigenvalue weighted by atomic mass is 9.80. The summed E-state index contributed by atoms with van der Waals surface area (Å²) in [6.45, 7) is 2.02. The summed E-state index contributed by atoms with van der Waals surface area (Å²) in [5.74, 6) is -0.283. The number of benzene rings is 5. The zero-order chi connectivity index (χ0) is 31.2. The maximum absolute atomic E-state index is 11.9. The number of hydrogen-bond donors (Lipinski definition) is 1. The molecule has 5 aromatic carbocycles. The van der Waals surface area contributed by atoms with Crippen LogP contribution in [0.25, 0.3) is 0 Å². The molecule has 7 nitrogen and oxygen atoms in total. The Hall–Kier alpha value is -4.92. The molecule has 224 valence electrons. The van der Waals surface area contributed by atoms with E-state index in [1.807, 2.05) is 97.9 Å². The van der Waals surface area contributed by atoms with E-state index in [9.17, 15) is 18.3 Å². The smallest absolute Gasteiger partial charge is 0.335 e. The SMILES string of the molecule is C[C@@H](COC(c1ccccc1)(c1ccccc1)c1ccccc1)Oc1cc(Oc2ccc(S(C)(=O)=O)cc2)cc(C(=O)O)c1. The van der Waals surface area contributed by atoms with Gasteiger partial charge in [-0.05, 0) is 60.0 Å². The fourth-order valence-corrected chi connectivity index (χ4v) is 5.62. The molecule has 0 saturated heterocycles. The quantitative estimate of drug-likeness (QED) is 0.148. The molecule has 0 heterocycles. The van der Waals surface area contributed by atoms with Gasteiger partial charge in [0.05, 0.1) is 17.1 Å². The second-order valence-electron chi connectivity index (χ2n) is 10.4. The summed E-state index contributed by atoms with van der Waals surface area (Å²) < 4.78 is 42.5. The second kappa shape index (κ2) is 13.2. The first-order valence-corrected chi connectivity index (χ1v) is 15.9. The summed E-state index contributed by atoms with van der Waals surface area (Å²) in [5.41, 5.74) is 1.90. The van der Waals surface area contributed by atoms with Gasteiger partial charge >= 0.3 is 5.97 Å². The van der Waals surface area contributed by atoms with E-state index in [-0.39, 0.29) is 28.6 Å². The van der Waals surface area contributed by atoms with Gasteiger partial charge in [0.15, 0.2) is 9.84 Å². The first-order chi connectivity index (χ1) is 21.1. The Morgan fingerprint density at radius 3 is 1.64 bits per heavy atom. The van der Waals surface area contributed by atoms with Crippen molar-refractivity contribution in [2.75, 3.05) is 12.9 Å². The molecule has 0 aromatic heterocycles. The second-order valence-corrected chi connectivity index (χ2v) is 12.4. The predicted molar refractivity (Wildman–Crippen MR) is 168 cm³/mol. The monoisotopic (exact) mass is 608 g/mol. The molecule has 0 radical (unpaired) electrons. The lowest BCUT2D eigenvalue weighted by Crippen LogP contribution is -2.36. The Bertz CT molecular complexity index is 1710. The summed E-state index contributed by atoms with van der Waals surface area (Å²) in [7, 11) is -3.37. The van der Waals surface area contributed by atoms with Crippen molar-refractivity contribution in [3.05, 3.63) is 156 Å². The maximum atomic E-state index is 11.9. The van der Waals surface area contributed by atoms with Crippen LogP contribution in [-0.2, 0) is 20.2 Å². The normalized spacial score (nSPS) is 12.3. The molecule has 0 aliphatic rings. The lowest BCUT2D eigenvalue weighted by molar-refractivity contribution is -0.0257. The molecular formula is C36H32O7S. The number of rotatable bonds is 12. The molecule has 0 aliphatic heterocycles. The summed E-state index contributed by atoms with van der Waals surface area (Å²) in [4.78, 5) is 12.1. The van der Waals surface area contributed by atoms with Crippen LogP contribution >= 0.6 is 0 Å². The van der Waals surface area contributed by atoms with Gasteiger partial charge in [0.1, 0.15) is 29.0 Å². The van der Waals surface area contributed by atoms with E-state index in [4.69, 9.17) is 14.2 Å². The van der Waals surface area contributed by atoms with Gasteiger partial charge in [-0.2, -0.15) is 0 Å². The van der Waals surface area contributed by atoms with Crippen molar-refractivity contribution >= 4 is 15.8 Å². The maximum Gasteiger partial charge on any atom is 0.335 e. The van der Waals surface area contributed by atoms with Crippen LogP contribution in [-0.4, -0.2) is 38.5 Å². The van der Waals surface area contributed by atoms with Gasteiger partial charge < -0.3 is 19.3 Å². The van der Waals surface area contributed by atoms with Gasteiger partial charge in [0.2, 0.25) is 0 Å². The minimum absolute atomic E-state index is 0.0226. The Labute approximate surface area is 257 Å². The topological polar surface area (TPSA) is 99.1 Å². The molecule has 8 heteroatoms. The molecule has 0 saturated carbocycles. The third kappa shape index (κ3) is 6.99. The van der Waals surface area contributed by atoms with Crippen LogP contribution in [0.2, 0.25) is 0 Å². The third-order valence-corrected chi connectivity index (χ3v) is 8.16.